The Balaban J connectivity index is 1.20. The van der Waals surface area contributed by atoms with Crippen molar-refractivity contribution in [1.29, 1.82) is 5.41 Å². The minimum absolute atomic E-state index is 0.0528. The Morgan fingerprint density at radius 2 is 1.93 bits per heavy atom. The van der Waals surface area contributed by atoms with E-state index < -0.39 is 17.9 Å². The number of amidine groups is 1. The summed E-state index contributed by atoms with van der Waals surface area (Å²) in [5.41, 5.74) is 6.69. The number of nitrogens with zero attached hydrogens (tertiary/aromatic N) is 2. The molecule has 2 heterocycles. The average Bonchev–Trinajstić information content (AvgIpc) is 3.26. The van der Waals surface area contributed by atoms with Gasteiger partial charge in [0.15, 0.2) is 0 Å². The molecule has 212 valence electrons. The molecule has 11 heteroatoms. The van der Waals surface area contributed by atoms with Crippen molar-refractivity contribution < 1.29 is 23.2 Å². The number of carbonyl (C=O) groups excluding carboxylic acids is 3. The number of nitrogens with two attached hydrogens (primary N) is 1. The molecule has 4 N–H and O–H groups in total. The average molecular weight is 578 g/mol. The monoisotopic (exact) mass is 577 g/mol. The zero-order valence-corrected chi connectivity index (χ0v) is 23.3. The number of rotatable bonds is 8. The van der Waals surface area contributed by atoms with Crippen LogP contribution in [0.3, 0.4) is 0 Å². The Bertz CT molecular complexity index is 1610. The number of piperidine rings is 1. The lowest BCUT2D eigenvalue weighted by atomic mass is 10.0. The summed E-state index contributed by atoms with van der Waals surface area (Å²) in [6.45, 7) is 3.48. The molecule has 3 amide bonds. The lowest BCUT2D eigenvalue weighted by Gasteiger charge is -2.30. The molecular formula is C30H29F2N5O3S. The summed E-state index contributed by atoms with van der Waals surface area (Å²) in [5, 5.41) is 12.3. The number of likely N-dealkylation sites (tertiary alicyclic amines) is 1. The summed E-state index contributed by atoms with van der Waals surface area (Å²) < 4.78 is 30.5. The van der Waals surface area contributed by atoms with Gasteiger partial charge in [0.1, 0.15) is 18.4 Å². The predicted molar refractivity (Wildman–Crippen MR) is 152 cm³/mol. The number of amides is 3. The summed E-state index contributed by atoms with van der Waals surface area (Å²) in [4.78, 5) is 42.6. The largest absolute Gasteiger partial charge is 0.384 e. The van der Waals surface area contributed by atoms with E-state index in [1.54, 1.807) is 46.7 Å². The van der Waals surface area contributed by atoms with E-state index in [1.165, 1.54) is 23.5 Å². The lowest BCUT2D eigenvalue weighted by Crippen LogP contribution is -2.51. The molecular weight excluding hydrogens is 548 g/mol. The number of hydrogen-bond acceptors (Lipinski definition) is 5. The molecule has 0 radical (unpaired) electrons. The van der Waals surface area contributed by atoms with Crippen LogP contribution in [0.5, 0.6) is 0 Å². The van der Waals surface area contributed by atoms with E-state index in [0.29, 0.717) is 29.5 Å². The zero-order chi connectivity index (χ0) is 29.3. The number of thiophene rings is 1. The molecule has 3 aliphatic rings. The van der Waals surface area contributed by atoms with Gasteiger partial charge in [0.25, 0.3) is 5.92 Å². The van der Waals surface area contributed by atoms with E-state index in [1.807, 2.05) is 13.8 Å². The van der Waals surface area contributed by atoms with Gasteiger partial charge < -0.3 is 20.9 Å². The van der Waals surface area contributed by atoms with Crippen LogP contribution in [-0.2, 0) is 20.3 Å². The zero-order valence-electron chi connectivity index (χ0n) is 22.5. The molecule has 6 rings (SSSR count). The smallest absolute Gasteiger partial charge is 0.299 e. The Hall–Kier alpha value is -4.12. The Morgan fingerprint density at radius 3 is 2.63 bits per heavy atom. The molecule has 1 saturated carbocycles. The molecule has 3 aromatic rings. The molecule has 2 aromatic carbocycles. The minimum Gasteiger partial charge on any atom is -0.384 e. The van der Waals surface area contributed by atoms with E-state index in [2.05, 4.69) is 5.32 Å². The van der Waals surface area contributed by atoms with Gasteiger partial charge in [0.2, 0.25) is 18.2 Å². The molecule has 1 aliphatic heterocycles. The summed E-state index contributed by atoms with van der Waals surface area (Å²) in [7, 11) is 0. The van der Waals surface area contributed by atoms with Crippen molar-refractivity contribution >= 4 is 41.1 Å². The second kappa shape index (κ2) is 9.47. The second-order valence-corrected chi connectivity index (χ2v) is 12.3. The molecule has 0 spiro atoms. The van der Waals surface area contributed by atoms with Crippen LogP contribution < -0.4 is 16.0 Å². The fourth-order valence-corrected chi connectivity index (χ4v) is 7.14. The first-order chi connectivity index (χ1) is 19.4. The first kappa shape index (κ1) is 27.1. The van der Waals surface area contributed by atoms with Crippen LogP contribution in [0.4, 0.5) is 14.5 Å². The SMILES string of the molecule is C[C@@H](NC(=O)[C@@H]1C[C@]2(C)C[C@@H]2N1C(=O)CN(C=O)c1ccc2c(c1)C(F)(F)c1ccccc1-2)c1cc(C(=N)N)cs1. The molecule has 0 bridgehead atoms. The quantitative estimate of drug-likeness (QED) is 0.209. The van der Waals surface area contributed by atoms with Gasteiger partial charge in [-0.25, -0.2) is 0 Å². The predicted octanol–water partition coefficient (Wildman–Crippen LogP) is 4.37. The van der Waals surface area contributed by atoms with Crippen LogP contribution in [0.2, 0.25) is 0 Å². The first-order valence-corrected chi connectivity index (χ1v) is 14.2. The van der Waals surface area contributed by atoms with E-state index in [4.69, 9.17) is 11.1 Å². The van der Waals surface area contributed by atoms with Crippen LogP contribution in [0.25, 0.3) is 11.1 Å². The van der Waals surface area contributed by atoms with Crippen molar-refractivity contribution in [3.8, 4) is 11.1 Å². The number of carbonyl (C=O) groups is 3. The number of hydrogen-bond donors (Lipinski definition) is 3. The van der Waals surface area contributed by atoms with Crippen molar-refractivity contribution in [3.05, 3.63) is 75.5 Å². The number of fused-ring (bicyclic) bond motifs is 4. The molecule has 0 unspecified atom stereocenters. The molecule has 1 saturated heterocycles. The van der Waals surface area contributed by atoms with Crippen molar-refractivity contribution in [1.82, 2.24) is 10.2 Å². The van der Waals surface area contributed by atoms with Gasteiger partial charge >= 0.3 is 0 Å². The Kier molecular flexibility index (Phi) is 6.25. The second-order valence-electron chi connectivity index (χ2n) is 11.4. The third-order valence-corrected chi connectivity index (χ3v) is 9.72. The maximum Gasteiger partial charge on any atom is 0.299 e. The normalized spacial score (nSPS) is 23.7. The molecule has 2 aliphatic carbocycles. The van der Waals surface area contributed by atoms with E-state index >= 15 is 8.78 Å². The van der Waals surface area contributed by atoms with Crippen LogP contribution in [0, 0.1) is 10.8 Å². The summed E-state index contributed by atoms with van der Waals surface area (Å²) in [5.74, 6) is -3.99. The van der Waals surface area contributed by atoms with Crippen molar-refractivity contribution in [3.63, 3.8) is 0 Å². The molecule has 1 aromatic heterocycles. The lowest BCUT2D eigenvalue weighted by molar-refractivity contribution is -0.139. The van der Waals surface area contributed by atoms with Crippen LogP contribution >= 0.6 is 11.3 Å². The Labute approximate surface area is 239 Å². The van der Waals surface area contributed by atoms with Crippen LogP contribution in [0.1, 0.15) is 54.3 Å². The van der Waals surface area contributed by atoms with Crippen LogP contribution in [0.15, 0.2) is 53.9 Å². The summed E-state index contributed by atoms with van der Waals surface area (Å²) in [6, 6.07) is 11.2. The highest BCUT2D eigenvalue weighted by molar-refractivity contribution is 7.10. The molecule has 8 nitrogen and oxygen atoms in total. The van der Waals surface area contributed by atoms with Gasteiger partial charge in [0.05, 0.1) is 6.04 Å². The third-order valence-electron chi connectivity index (χ3n) is 8.60. The fourth-order valence-electron chi connectivity index (χ4n) is 6.22. The van der Waals surface area contributed by atoms with Gasteiger partial charge in [-0.05, 0) is 54.5 Å². The molecule has 41 heavy (non-hydrogen) atoms. The van der Waals surface area contributed by atoms with E-state index in [0.717, 1.165) is 16.2 Å². The van der Waals surface area contributed by atoms with Gasteiger partial charge in [-0.2, -0.15) is 8.78 Å². The van der Waals surface area contributed by atoms with E-state index in [-0.39, 0.29) is 52.6 Å². The highest BCUT2D eigenvalue weighted by Gasteiger charge is 2.64. The maximum absolute atomic E-state index is 15.2. The number of halogens is 2. The van der Waals surface area contributed by atoms with Gasteiger partial charge in [-0.3, -0.25) is 19.8 Å². The fraction of sp³-hybridized carbons (Fsp3) is 0.333. The van der Waals surface area contributed by atoms with Crippen molar-refractivity contribution in [2.75, 3.05) is 11.4 Å². The third kappa shape index (κ3) is 4.39. The van der Waals surface area contributed by atoms with Crippen molar-refractivity contribution in [2.45, 2.75) is 50.7 Å². The first-order valence-electron chi connectivity index (χ1n) is 13.3. The van der Waals surface area contributed by atoms with Gasteiger partial charge in [-0.15, -0.1) is 11.3 Å². The Morgan fingerprint density at radius 1 is 1.20 bits per heavy atom. The van der Waals surface area contributed by atoms with Gasteiger partial charge in [-0.1, -0.05) is 37.3 Å². The number of benzene rings is 2. The standard InChI is InChI=1S/C30H29F2N5O3S/c1-16(24-9-17(14-41-24)27(33)34)35-28(40)23-11-29(2)12-25(29)37(23)26(39)13-36(15-38)18-7-8-20-19-5-3-4-6-21(19)30(31,32)22(20)10-18/h3-10,14-16,23,25H,11-13H2,1-2H3,(H3,33,34)(H,35,40)/t16-,23+,25+,29-/m1/s1. The summed E-state index contributed by atoms with van der Waals surface area (Å²) in [6.07, 6.45) is 1.72. The number of alkyl halides is 2. The number of nitrogens with one attached hydrogen (secondary N) is 2. The summed E-state index contributed by atoms with van der Waals surface area (Å²) >= 11 is 1.38. The number of anilines is 1. The topological polar surface area (TPSA) is 120 Å². The van der Waals surface area contributed by atoms with E-state index in [9.17, 15) is 14.4 Å². The minimum atomic E-state index is -3.22. The molecule has 2 fully saturated rings. The highest BCUT2D eigenvalue weighted by atomic mass is 32.1. The van der Waals surface area contributed by atoms with Gasteiger partial charge in [0, 0.05) is 38.7 Å². The van der Waals surface area contributed by atoms with Crippen molar-refractivity contribution in [2.24, 2.45) is 11.1 Å². The van der Waals surface area contributed by atoms with Crippen LogP contribution in [-0.4, -0.2) is 47.6 Å². The highest BCUT2D eigenvalue weighted by Crippen LogP contribution is 2.59. The maximum atomic E-state index is 15.2. The molecule has 4 atom stereocenters. The number of nitrogen functional groups attached to an aromatic ring is 1.